The second-order valence-electron chi connectivity index (χ2n) is 6.02. The van der Waals surface area contributed by atoms with Crippen molar-refractivity contribution in [2.24, 2.45) is 4.99 Å². The molecule has 0 saturated carbocycles. The quantitative estimate of drug-likeness (QED) is 0.822. The number of nitrogens with zero attached hydrogens (tertiary/aromatic N) is 3. The average Bonchev–Trinajstić information content (AvgIpc) is 3.00. The van der Waals surface area contributed by atoms with E-state index in [9.17, 15) is 8.42 Å². The summed E-state index contributed by atoms with van der Waals surface area (Å²) in [4.78, 5) is 6.46. The number of sulfonamides is 1. The van der Waals surface area contributed by atoms with Crippen LogP contribution in [0.5, 0.6) is 0 Å². The molecule has 0 spiro atoms. The van der Waals surface area contributed by atoms with Crippen molar-refractivity contribution in [1.29, 1.82) is 0 Å². The van der Waals surface area contributed by atoms with Crippen LogP contribution in [0.1, 0.15) is 11.1 Å². The summed E-state index contributed by atoms with van der Waals surface area (Å²) in [6, 6.07) is 7.66. The molecule has 0 unspecified atom stereocenters. The van der Waals surface area contributed by atoms with E-state index in [2.05, 4.69) is 15.2 Å². The Morgan fingerprint density at radius 1 is 1.17 bits per heavy atom. The Hall–Kier alpha value is -1.64. The Kier molecular flexibility index (Phi) is 5.37. The minimum Gasteiger partial charge on any atom is -0.379 e. The summed E-state index contributed by atoms with van der Waals surface area (Å²) in [6.07, 6.45) is 0. The third-order valence-electron chi connectivity index (χ3n) is 4.32. The molecule has 1 fully saturated rings. The first-order valence-corrected chi connectivity index (χ1v) is 9.79. The van der Waals surface area contributed by atoms with Gasteiger partial charge in [-0.05, 0) is 11.1 Å². The number of rotatable bonds is 5. The van der Waals surface area contributed by atoms with Crippen LogP contribution >= 0.6 is 0 Å². The largest absolute Gasteiger partial charge is 0.379 e. The Morgan fingerprint density at radius 2 is 1.88 bits per heavy atom. The molecule has 0 amide bonds. The van der Waals surface area contributed by atoms with Crippen molar-refractivity contribution in [3.63, 3.8) is 0 Å². The molecule has 7 nitrogen and oxygen atoms in total. The van der Waals surface area contributed by atoms with E-state index in [1.165, 1.54) is 4.31 Å². The molecular formula is C16H24N4O3S. The molecule has 0 aliphatic carbocycles. The number of guanidine groups is 1. The van der Waals surface area contributed by atoms with Crippen LogP contribution in [0.2, 0.25) is 0 Å². The molecule has 0 atom stereocenters. The lowest BCUT2D eigenvalue weighted by molar-refractivity contribution is 0.0729. The highest BCUT2D eigenvalue weighted by molar-refractivity contribution is 7.88. The third-order valence-corrected chi connectivity index (χ3v) is 6.14. The lowest BCUT2D eigenvalue weighted by atomic mass is 10.1. The zero-order valence-electron chi connectivity index (χ0n) is 13.9. The second kappa shape index (κ2) is 7.50. The normalized spacial score (nSPS) is 19.4. The molecule has 1 N–H and O–H groups in total. The van der Waals surface area contributed by atoms with Crippen LogP contribution in [0, 0.1) is 0 Å². The monoisotopic (exact) mass is 352 g/mol. The smallest absolute Gasteiger partial charge is 0.218 e. The zero-order chi connectivity index (χ0) is 17.0. The van der Waals surface area contributed by atoms with Crippen LogP contribution in [0.4, 0.5) is 0 Å². The van der Waals surface area contributed by atoms with Gasteiger partial charge in [0.05, 0.1) is 25.5 Å². The summed E-state index contributed by atoms with van der Waals surface area (Å²) < 4.78 is 32.0. The number of aliphatic imine (C=N–C) groups is 1. The predicted octanol–water partition coefficient (Wildman–Crippen LogP) is 0.240. The van der Waals surface area contributed by atoms with Crippen molar-refractivity contribution < 1.29 is 13.2 Å². The predicted molar refractivity (Wildman–Crippen MR) is 93.2 cm³/mol. The minimum atomic E-state index is -3.32. The summed E-state index contributed by atoms with van der Waals surface area (Å²) in [5.41, 5.74) is 1.81. The highest BCUT2D eigenvalue weighted by Crippen LogP contribution is 2.16. The average molecular weight is 352 g/mol. The lowest BCUT2D eigenvalue weighted by Crippen LogP contribution is -2.41. The first-order valence-electron chi connectivity index (χ1n) is 8.18. The van der Waals surface area contributed by atoms with Gasteiger partial charge in [-0.2, -0.15) is 4.31 Å². The van der Waals surface area contributed by atoms with Crippen molar-refractivity contribution in [3.05, 3.63) is 35.4 Å². The van der Waals surface area contributed by atoms with Gasteiger partial charge in [-0.15, -0.1) is 0 Å². The number of nitrogens with one attached hydrogen (secondary N) is 1. The van der Waals surface area contributed by atoms with E-state index in [1.54, 1.807) is 0 Å². The standard InChI is InChI=1S/C16H24N4O3S/c1-19-7-6-17-16(19)18-12-14-4-2-3-5-15(14)13-24(21,22)20-8-10-23-11-9-20/h2-5H,6-13H2,1H3,(H,17,18). The molecule has 1 aromatic rings. The summed E-state index contributed by atoms with van der Waals surface area (Å²) in [6.45, 7) is 4.08. The van der Waals surface area contributed by atoms with Gasteiger partial charge >= 0.3 is 0 Å². The molecule has 1 saturated heterocycles. The molecule has 0 bridgehead atoms. The van der Waals surface area contributed by atoms with Crippen LogP contribution in [-0.4, -0.2) is 70.0 Å². The molecule has 2 aliphatic heterocycles. The van der Waals surface area contributed by atoms with Crippen LogP contribution in [0.15, 0.2) is 29.3 Å². The fourth-order valence-electron chi connectivity index (χ4n) is 2.88. The van der Waals surface area contributed by atoms with Crippen LogP contribution < -0.4 is 5.32 Å². The van der Waals surface area contributed by atoms with Gasteiger partial charge in [0.25, 0.3) is 0 Å². The second-order valence-corrected chi connectivity index (χ2v) is 7.99. The molecule has 2 heterocycles. The van der Waals surface area contributed by atoms with Gasteiger partial charge in [0.2, 0.25) is 10.0 Å². The van der Waals surface area contributed by atoms with Crippen molar-refractivity contribution in [1.82, 2.24) is 14.5 Å². The zero-order valence-corrected chi connectivity index (χ0v) is 14.8. The first kappa shape index (κ1) is 17.2. The Morgan fingerprint density at radius 3 is 2.54 bits per heavy atom. The molecule has 0 radical (unpaired) electrons. The van der Waals surface area contributed by atoms with Crippen molar-refractivity contribution >= 4 is 16.0 Å². The van der Waals surface area contributed by atoms with Gasteiger partial charge in [-0.25, -0.2) is 8.42 Å². The fourth-order valence-corrected chi connectivity index (χ4v) is 4.44. The molecule has 3 rings (SSSR count). The van der Waals surface area contributed by atoms with E-state index in [0.29, 0.717) is 32.8 Å². The topological polar surface area (TPSA) is 74.2 Å². The molecule has 24 heavy (non-hydrogen) atoms. The molecular weight excluding hydrogens is 328 g/mol. The number of hydrogen-bond acceptors (Lipinski definition) is 6. The van der Waals surface area contributed by atoms with Crippen LogP contribution in [0.25, 0.3) is 0 Å². The molecule has 132 valence electrons. The van der Waals surface area contributed by atoms with Crippen molar-refractivity contribution in [2.75, 3.05) is 46.4 Å². The van der Waals surface area contributed by atoms with Gasteiger partial charge in [-0.1, -0.05) is 24.3 Å². The maximum atomic E-state index is 12.6. The van der Waals surface area contributed by atoms with Crippen molar-refractivity contribution in [2.45, 2.75) is 12.3 Å². The number of ether oxygens (including phenoxy) is 1. The van der Waals surface area contributed by atoms with E-state index in [-0.39, 0.29) is 5.75 Å². The van der Waals surface area contributed by atoms with E-state index in [4.69, 9.17) is 4.74 Å². The SMILES string of the molecule is CN1CCN=C1NCc1ccccc1CS(=O)(=O)N1CCOCC1. The lowest BCUT2D eigenvalue weighted by Gasteiger charge is -2.26. The van der Waals surface area contributed by atoms with E-state index >= 15 is 0 Å². The highest BCUT2D eigenvalue weighted by Gasteiger charge is 2.25. The summed E-state index contributed by atoms with van der Waals surface area (Å²) in [5, 5.41) is 3.30. The molecule has 8 heteroatoms. The summed E-state index contributed by atoms with van der Waals surface area (Å²) >= 11 is 0. The Balaban J connectivity index is 1.69. The van der Waals surface area contributed by atoms with E-state index in [1.807, 2.05) is 31.3 Å². The van der Waals surface area contributed by atoms with Gasteiger partial charge in [0, 0.05) is 33.2 Å². The summed E-state index contributed by atoms with van der Waals surface area (Å²) in [7, 11) is -1.33. The van der Waals surface area contributed by atoms with Gasteiger partial charge in [0.1, 0.15) is 0 Å². The number of benzene rings is 1. The fraction of sp³-hybridized carbons (Fsp3) is 0.562. The Labute approximate surface area is 143 Å². The van der Waals surface area contributed by atoms with Gasteiger partial charge in [0.15, 0.2) is 5.96 Å². The van der Waals surface area contributed by atoms with Crippen LogP contribution in [0.3, 0.4) is 0 Å². The van der Waals surface area contributed by atoms with Crippen molar-refractivity contribution in [3.8, 4) is 0 Å². The Bertz CT molecular complexity index is 699. The number of likely N-dealkylation sites (N-methyl/N-ethyl adjacent to an activating group) is 1. The number of hydrogen-bond donors (Lipinski definition) is 1. The first-order chi connectivity index (χ1) is 11.6. The summed E-state index contributed by atoms with van der Waals surface area (Å²) in [5.74, 6) is 0.883. The highest BCUT2D eigenvalue weighted by atomic mass is 32.2. The van der Waals surface area contributed by atoms with E-state index < -0.39 is 10.0 Å². The molecule has 1 aromatic carbocycles. The third kappa shape index (κ3) is 4.06. The van der Waals surface area contributed by atoms with Gasteiger partial charge < -0.3 is 15.0 Å². The van der Waals surface area contributed by atoms with Crippen LogP contribution in [-0.2, 0) is 27.1 Å². The maximum absolute atomic E-state index is 12.6. The maximum Gasteiger partial charge on any atom is 0.218 e. The molecule has 2 aliphatic rings. The van der Waals surface area contributed by atoms with E-state index in [0.717, 1.165) is 30.2 Å². The van der Waals surface area contributed by atoms with Gasteiger partial charge in [-0.3, -0.25) is 4.99 Å². The minimum absolute atomic E-state index is 0.0210. The molecule has 0 aromatic heterocycles. The number of morpholine rings is 1.